The number of hydrogen-bond acceptors (Lipinski definition) is 6. The van der Waals surface area contributed by atoms with Gasteiger partial charge in [0.1, 0.15) is 0 Å². The monoisotopic (exact) mass is 565 g/mol. The van der Waals surface area contributed by atoms with Crippen LogP contribution in [0.3, 0.4) is 0 Å². The fourth-order valence-electron chi connectivity index (χ4n) is 5.89. The zero-order valence-electron chi connectivity index (χ0n) is 22.9. The van der Waals surface area contributed by atoms with Crippen LogP contribution in [0.15, 0.2) is 60.0 Å². The standard InChI is InChI=1S/C30H39N5O4S/c1-2-15-31-40(38,39)26-8-6-7-24(19-26)29(37)33-30-32-27-18-23(20-34-16-4-3-5-17-34)11-14-28(27)35(30)25-12-9-22(21-36)10-13-25/h2,6-8,11,14,18-19,22,25,31,36H,1,3-5,9-10,12-13,15-17,20-21H2,(H,32,33,37). The summed E-state index contributed by atoms with van der Waals surface area (Å²) in [6.45, 7) is 6.94. The molecule has 3 N–H and O–H groups in total. The zero-order valence-corrected chi connectivity index (χ0v) is 23.7. The van der Waals surface area contributed by atoms with E-state index in [9.17, 15) is 18.3 Å². The van der Waals surface area contributed by atoms with Crippen molar-refractivity contribution in [1.29, 1.82) is 0 Å². The van der Waals surface area contributed by atoms with Crippen molar-refractivity contribution in [1.82, 2.24) is 19.2 Å². The Balaban J connectivity index is 1.44. The molecular weight excluding hydrogens is 526 g/mol. The molecule has 1 aromatic heterocycles. The van der Waals surface area contributed by atoms with Crippen LogP contribution in [0.5, 0.6) is 0 Å². The van der Waals surface area contributed by atoms with Gasteiger partial charge in [0.15, 0.2) is 0 Å². The number of likely N-dealkylation sites (tertiary alicyclic amines) is 1. The number of aliphatic hydroxyl groups is 1. The van der Waals surface area contributed by atoms with Gasteiger partial charge in [0.2, 0.25) is 16.0 Å². The highest BCUT2D eigenvalue weighted by atomic mass is 32.2. The molecule has 2 fully saturated rings. The van der Waals surface area contributed by atoms with Crippen LogP contribution in [-0.4, -0.2) is 60.1 Å². The third kappa shape index (κ3) is 6.46. The number of hydrogen-bond donors (Lipinski definition) is 3. The summed E-state index contributed by atoms with van der Waals surface area (Å²) in [5.74, 6) is 0.343. The summed E-state index contributed by atoms with van der Waals surface area (Å²) in [4.78, 5) is 20.8. The number of nitrogens with zero attached hydrogens (tertiary/aromatic N) is 3. The van der Waals surface area contributed by atoms with Crippen LogP contribution in [0.25, 0.3) is 11.0 Å². The number of aliphatic hydroxyl groups excluding tert-OH is 1. The average molecular weight is 566 g/mol. The molecule has 10 heteroatoms. The maximum atomic E-state index is 13.4. The highest BCUT2D eigenvalue weighted by molar-refractivity contribution is 7.89. The Kier molecular flexibility index (Phi) is 9.00. The van der Waals surface area contributed by atoms with Gasteiger partial charge in [-0.25, -0.2) is 18.1 Å². The van der Waals surface area contributed by atoms with Crippen molar-refractivity contribution in [3.63, 3.8) is 0 Å². The van der Waals surface area contributed by atoms with Gasteiger partial charge >= 0.3 is 0 Å². The Morgan fingerprint density at radius 3 is 2.58 bits per heavy atom. The highest BCUT2D eigenvalue weighted by Crippen LogP contribution is 2.37. The SMILES string of the molecule is C=CCNS(=O)(=O)c1cccc(C(=O)Nc2nc3cc(CN4CCCCC4)ccc3n2C2CCC(CO)CC2)c1. The van der Waals surface area contributed by atoms with Gasteiger partial charge in [-0.05, 0) is 93.4 Å². The van der Waals surface area contributed by atoms with Crippen LogP contribution in [0.4, 0.5) is 5.95 Å². The van der Waals surface area contributed by atoms with E-state index in [0.717, 1.165) is 56.4 Å². The first kappa shape index (κ1) is 28.5. The Labute approximate surface area is 236 Å². The molecule has 5 rings (SSSR count). The number of piperidine rings is 1. The molecule has 1 aliphatic heterocycles. The minimum absolute atomic E-state index is 0.0141. The van der Waals surface area contributed by atoms with Gasteiger partial charge in [0.05, 0.1) is 15.9 Å². The van der Waals surface area contributed by atoms with E-state index in [-0.39, 0.29) is 29.7 Å². The van der Waals surface area contributed by atoms with Gasteiger partial charge in [-0.1, -0.05) is 24.6 Å². The van der Waals surface area contributed by atoms with Crippen molar-refractivity contribution in [3.05, 3.63) is 66.2 Å². The number of fused-ring (bicyclic) bond motifs is 1. The third-order valence-corrected chi connectivity index (χ3v) is 9.52. The number of carbonyl (C=O) groups is 1. The lowest BCUT2D eigenvalue weighted by atomic mass is 9.86. The number of benzene rings is 2. The molecule has 214 valence electrons. The molecule has 1 aliphatic carbocycles. The molecule has 0 radical (unpaired) electrons. The van der Waals surface area contributed by atoms with E-state index < -0.39 is 15.9 Å². The van der Waals surface area contributed by atoms with Gasteiger partial charge in [-0.15, -0.1) is 6.58 Å². The Hall–Kier alpha value is -3.05. The van der Waals surface area contributed by atoms with Crippen LogP contribution in [0.1, 0.15) is 66.9 Å². The first-order chi connectivity index (χ1) is 19.4. The van der Waals surface area contributed by atoms with Gasteiger partial charge in [-0.2, -0.15) is 0 Å². The number of imidazole rings is 1. The van der Waals surface area contributed by atoms with Crippen molar-refractivity contribution in [2.45, 2.75) is 62.4 Å². The van der Waals surface area contributed by atoms with Crippen LogP contribution in [-0.2, 0) is 16.6 Å². The smallest absolute Gasteiger partial charge is 0.258 e. The maximum absolute atomic E-state index is 13.4. The summed E-state index contributed by atoms with van der Waals surface area (Å²) >= 11 is 0. The summed E-state index contributed by atoms with van der Waals surface area (Å²) < 4.78 is 29.8. The minimum atomic E-state index is -3.77. The molecule has 40 heavy (non-hydrogen) atoms. The van der Waals surface area contributed by atoms with E-state index in [1.165, 1.54) is 43.0 Å². The van der Waals surface area contributed by atoms with Crippen LogP contribution < -0.4 is 10.0 Å². The van der Waals surface area contributed by atoms with Gasteiger partial charge in [0.25, 0.3) is 5.91 Å². The number of carbonyl (C=O) groups excluding carboxylic acids is 1. The lowest BCUT2D eigenvalue weighted by molar-refractivity contribution is 0.102. The lowest BCUT2D eigenvalue weighted by Gasteiger charge is -2.29. The predicted octanol–water partition coefficient (Wildman–Crippen LogP) is 4.46. The number of sulfonamides is 1. The average Bonchev–Trinajstić information content (AvgIpc) is 3.33. The lowest BCUT2D eigenvalue weighted by Crippen LogP contribution is -2.29. The van der Waals surface area contributed by atoms with E-state index in [1.807, 2.05) is 0 Å². The summed E-state index contributed by atoms with van der Waals surface area (Å²) in [5.41, 5.74) is 3.23. The van der Waals surface area contributed by atoms with Gasteiger partial charge < -0.3 is 9.67 Å². The molecule has 0 atom stereocenters. The van der Waals surface area contributed by atoms with Crippen LogP contribution >= 0.6 is 0 Å². The second-order valence-corrected chi connectivity index (χ2v) is 12.7. The summed E-state index contributed by atoms with van der Waals surface area (Å²) in [5, 5.41) is 12.6. The van der Waals surface area contributed by atoms with E-state index in [2.05, 4.69) is 44.3 Å². The Morgan fingerprint density at radius 1 is 1.07 bits per heavy atom. The second-order valence-electron chi connectivity index (χ2n) is 10.9. The Bertz CT molecular complexity index is 1450. The Morgan fingerprint density at radius 2 is 1.85 bits per heavy atom. The number of rotatable bonds is 10. The molecule has 9 nitrogen and oxygen atoms in total. The molecule has 0 unspecified atom stereocenters. The molecule has 1 amide bonds. The molecule has 2 aliphatic rings. The minimum Gasteiger partial charge on any atom is -0.396 e. The van der Waals surface area contributed by atoms with E-state index in [4.69, 9.17) is 4.98 Å². The van der Waals surface area contributed by atoms with E-state index >= 15 is 0 Å². The van der Waals surface area contributed by atoms with Gasteiger partial charge in [0, 0.05) is 31.3 Å². The fourth-order valence-corrected chi connectivity index (χ4v) is 6.94. The second kappa shape index (κ2) is 12.6. The van der Waals surface area contributed by atoms with E-state index in [1.54, 1.807) is 12.1 Å². The third-order valence-electron chi connectivity index (χ3n) is 8.10. The summed E-state index contributed by atoms with van der Waals surface area (Å²) in [7, 11) is -3.77. The molecule has 1 saturated carbocycles. The van der Waals surface area contributed by atoms with Crippen molar-refractivity contribution in [2.75, 3.05) is 31.6 Å². The molecular formula is C30H39N5O4S. The number of amides is 1. The summed E-state index contributed by atoms with van der Waals surface area (Å²) in [6.07, 6.45) is 8.83. The molecule has 0 spiro atoms. The number of anilines is 1. The molecule has 2 aromatic carbocycles. The fraction of sp³-hybridized carbons (Fsp3) is 0.467. The number of nitrogens with one attached hydrogen (secondary N) is 2. The van der Waals surface area contributed by atoms with Crippen molar-refractivity contribution < 1.29 is 18.3 Å². The van der Waals surface area contributed by atoms with Crippen LogP contribution in [0.2, 0.25) is 0 Å². The first-order valence-corrected chi connectivity index (χ1v) is 15.7. The quantitative estimate of drug-likeness (QED) is 0.313. The van der Waals surface area contributed by atoms with Crippen molar-refractivity contribution >= 4 is 32.9 Å². The van der Waals surface area contributed by atoms with Crippen molar-refractivity contribution in [3.8, 4) is 0 Å². The maximum Gasteiger partial charge on any atom is 0.258 e. The topological polar surface area (TPSA) is 117 Å². The molecule has 2 heterocycles. The predicted molar refractivity (Wildman–Crippen MR) is 157 cm³/mol. The largest absolute Gasteiger partial charge is 0.396 e. The van der Waals surface area contributed by atoms with Crippen LogP contribution in [0, 0.1) is 5.92 Å². The van der Waals surface area contributed by atoms with Gasteiger partial charge in [-0.3, -0.25) is 15.0 Å². The van der Waals surface area contributed by atoms with E-state index in [0.29, 0.717) is 11.9 Å². The molecule has 3 aromatic rings. The normalized spacial score (nSPS) is 20.4. The summed E-state index contributed by atoms with van der Waals surface area (Å²) in [6, 6.07) is 12.5. The molecule has 1 saturated heterocycles. The number of aromatic nitrogens is 2. The molecule has 0 bridgehead atoms. The highest BCUT2D eigenvalue weighted by Gasteiger charge is 2.27. The van der Waals surface area contributed by atoms with Crippen molar-refractivity contribution in [2.24, 2.45) is 5.92 Å². The first-order valence-electron chi connectivity index (χ1n) is 14.2. The zero-order chi connectivity index (χ0) is 28.1.